The van der Waals surface area contributed by atoms with Crippen molar-refractivity contribution in [1.82, 2.24) is 0 Å². The highest BCUT2D eigenvalue weighted by molar-refractivity contribution is 6.63. The number of benzene rings is 2. The van der Waals surface area contributed by atoms with Crippen LogP contribution in [0, 0.1) is 6.92 Å². The molecule has 0 saturated heterocycles. The van der Waals surface area contributed by atoms with Crippen molar-refractivity contribution in [1.29, 1.82) is 0 Å². The molecule has 3 heteroatoms. The molecule has 2 aromatic rings. The smallest absolute Gasteiger partial charge is 0.222 e. The van der Waals surface area contributed by atoms with Crippen LogP contribution in [0.5, 0.6) is 0 Å². The van der Waals surface area contributed by atoms with Crippen LogP contribution in [0.25, 0.3) is 0 Å². The van der Waals surface area contributed by atoms with Crippen LogP contribution in [0.1, 0.15) is 29.0 Å². The standard InChI is InChI=1S/C16H14Cl2O/c1-11-5-7-12(8-6-11)15(10-16(18)19)13-3-2-4-14(17)9-13/h2-9,15H,10H2,1H3. The summed E-state index contributed by atoms with van der Waals surface area (Å²) in [6, 6.07) is 15.7. The molecule has 1 unspecified atom stereocenters. The van der Waals surface area contributed by atoms with Crippen LogP contribution in [0.4, 0.5) is 0 Å². The zero-order valence-electron chi connectivity index (χ0n) is 10.6. The van der Waals surface area contributed by atoms with Crippen LogP contribution in [-0.4, -0.2) is 5.24 Å². The molecule has 0 radical (unpaired) electrons. The van der Waals surface area contributed by atoms with Gasteiger partial charge in [0, 0.05) is 17.4 Å². The summed E-state index contributed by atoms with van der Waals surface area (Å²) in [5.41, 5.74) is 3.26. The van der Waals surface area contributed by atoms with Crippen molar-refractivity contribution in [2.75, 3.05) is 0 Å². The van der Waals surface area contributed by atoms with Gasteiger partial charge in [0.25, 0.3) is 0 Å². The first-order valence-electron chi connectivity index (χ1n) is 6.06. The van der Waals surface area contributed by atoms with Gasteiger partial charge in [-0.05, 0) is 41.8 Å². The Hall–Kier alpha value is -1.31. The molecule has 98 valence electrons. The van der Waals surface area contributed by atoms with E-state index in [1.807, 2.05) is 55.5 Å². The average molecular weight is 293 g/mol. The Kier molecular flexibility index (Phi) is 4.62. The third-order valence-electron chi connectivity index (χ3n) is 3.10. The number of hydrogen-bond acceptors (Lipinski definition) is 1. The van der Waals surface area contributed by atoms with E-state index in [0.29, 0.717) is 5.02 Å². The fraction of sp³-hybridized carbons (Fsp3) is 0.188. The Morgan fingerprint density at radius 1 is 1.11 bits per heavy atom. The molecule has 1 atom stereocenters. The summed E-state index contributed by atoms with van der Waals surface area (Å²) >= 11 is 11.6. The van der Waals surface area contributed by atoms with Crippen molar-refractivity contribution in [2.45, 2.75) is 19.3 Å². The topological polar surface area (TPSA) is 17.1 Å². The lowest BCUT2D eigenvalue weighted by Gasteiger charge is -2.16. The molecule has 0 aliphatic heterocycles. The lowest BCUT2D eigenvalue weighted by Crippen LogP contribution is -2.05. The third-order valence-corrected chi connectivity index (χ3v) is 3.48. The van der Waals surface area contributed by atoms with Gasteiger partial charge in [-0.1, -0.05) is 53.6 Å². The summed E-state index contributed by atoms with van der Waals surface area (Å²) in [7, 11) is 0. The number of halogens is 2. The van der Waals surface area contributed by atoms with Crippen LogP contribution in [0.2, 0.25) is 5.02 Å². The van der Waals surface area contributed by atoms with Crippen molar-refractivity contribution in [3.05, 3.63) is 70.2 Å². The second-order valence-corrected chi connectivity index (χ2v) is 5.44. The molecule has 19 heavy (non-hydrogen) atoms. The van der Waals surface area contributed by atoms with Gasteiger partial charge in [-0.3, -0.25) is 4.79 Å². The maximum atomic E-state index is 11.3. The molecule has 0 aliphatic rings. The first-order chi connectivity index (χ1) is 9.06. The summed E-state index contributed by atoms with van der Waals surface area (Å²) in [4.78, 5) is 11.3. The number of rotatable bonds is 4. The molecule has 0 amide bonds. The van der Waals surface area contributed by atoms with E-state index < -0.39 is 0 Å². The highest BCUT2D eigenvalue weighted by Gasteiger charge is 2.17. The third kappa shape index (κ3) is 3.82. The minimum absolute atomic E-state index is 0.0516. The van der Waals surface area contributed by atoms with Gasteiger partial charge in [0.1, 0.15) is 0 Å². The first kappa shape index (κ1) is 14.1. The van der Waals surface area contributed by atoms with Crippen molar-refractivity contribution in [2.24, 2.45) is 0 Å². The summed E-state index contributed by atoms with van der Waals surface area (Å²) < 4.78 is 0. The summed E-state index contributed by atoms with van der Waals surface area (Å²) in [6.45, 7) is 2.03. The number of carbonyl (C=O) groups excluding carboxylic acids is 1. The first-order valence-corrected chi connectivity index (χ1v) is 6.82. The molecule has 0 spiro atoms. The van der Waals surface area contributed by atoms with Gasteiger partial charge >= 0.3 is 0 Å². The zero-order chi connectivity index (χ0) is 13.8. The molecule has 2 rings (SSSR count). The van der Waals surface area contributed by atoms with Gasteiger partial charge in [-0.25, -0.2) is 0 Å². The van der Waals surface area contributed by atoms with Gasteiger partial charge in [0.15, 0.2) is 0 Å². The van der Waals surface area contributed by atoms with E-state index in [4.69, 9.17) is 23.2 Å². The second kappa shape index (κ2) is 6.23. The molecular weight excluding hydrogens is 279 g/mol. The quantitative estimate of drug-likeness (QED) is 0.730. The molecule has 0 fully saturated rings. The van der Waals surface area contributed by atoms with E-state index in [2.05, 4.69) is 0 Å². The van der Waals surface area contributed by atoms with Gasteiger partial charge < -0.3 is 0 Å². The Bertz CT molecular complexity index is 576. The highest BCUT2D eigenvalue weighted by atomic mass is 35.5. The Morgan fingerprint density at radius 2 is 1.79 bits per heavy atom. The van der Waals surface area contributed by atoms with Gasteiger partial charge in [0.05, 0.1) is 0 Å². The van der Waals surface area contributed by atoms with E-state index in [0.717, 1.165) is 11.1 Å². The number of carbonyl (C=O) groups is 1. The number of aryl methyl sites for hydroxylation is 1. The van der Waals surface area contributed by atoms with Gasteiger partial charge in [0.2, 0.25) is 5.24 Å². The minimum Gasteiger partial charge on any atom is -0.281 e. The highest BCUT2D eigenvalue weighted by Crippen LogP contribution is 2.30. The van der Waals surface area contributed by atoms with Crippen molar-refractivity contribution in [3.63, 3.8) is 0 Å². The normalized spacial score (nSPS) is 12.2. The van der Waals surface area contributed by atoms with Crippen molar-refractivity contribution >= 4 is 28.4 Å². The fourth-order valence-corrected chi connectivity index (χ4v) is 2.46. The summed E-state index contributed by atoms with van der Waals surface area (Å²) in [5, 5.41) is 0.321. The maximum absolute atomic E-state index is 11.3. The largest absolute Gasteiger partial charge is 0.281 e. The minimum atomic E-state index is -0.342. The molecule has 0 saturated carbocycles. The molecule has 2 aromatic carbocycles. The predicted molar refractivity (Wildman–Crippen MR) is 80.0 cm³/mol. The molecule has 0 bridgehead atoms. The summed E-state index contributed by atoms with van der Waals surface area (Å²) in [6.07, 6.45) is 0.269. The molecule has 0 aromatic heterocycles. The average Bonchev–Trinajstić information content (AvgIpc) is 2.37. The molecule has 0 heterocycles. The monoisotopic (exact) mass is 292 g/mol. The Labute approximate surface area is 123 Å². The SMILES string of the molecule is Cc1ccc(C(CC(=O)Cl)c2cccc(Cl)c2)cc1. The van der Waals surface area contributed by atoms with Gasteiger partial charge in [-0.15, -0.1) is 0 Å². The molecule has 1 nitrogen and oxygen atoms in total. The Balaban J connectivity index is 2.40. The van der Waals surface area contributed by atoms with Crippen LogP contribution in [-0.2, 0) is 4.79 Å². The van der Waals surface area contributed by atoms with Crippen LogP contribution < -0.4 is 0 Å². The van der Waals surface area contributed by atoms with E-state index in [1.54, 1.807) is 0 Å². The van der Waals surface area contributed by atoms with E-state index in [1.165, 1.54) is 5.56 Å². The van der Waals surface area contributed by atoms with E-state index in [-0.39, 0.29) is 17.6 Å². The summed E-state index contributed by atoms with van der Waals surface area (Å²) in [5.74, 6) is -0.0516. The lowest BCUT2D eigenvalue weighted by atomic mass is 9.88. The maximum Gasteiger partial charge on any atom is 0.222 e. The Morgan fingerprint density at radius 3 is 2.37 bits per heavy atom. The zero-order valence-corrected chi connectivity index (χ0v) is 12.1. The van der Waals surface area contributed by atoms with Crippen LogP contribution in [0.3, 0.4) is 0 Å². The molecular formula is C16H14Cl2O. The van der Waals surface area contributed by atoms with E-state index >= 15 is 0 Å². The van der Waals surface area contributed by atoms with Crippen LogP contribution in [0.15, 0.2) is 48.5 Å². The van der Waals surface area contributed by atoms with Crippen molar-refractivity contribution in [3.8, 4) is 0 Å². The predicted octanol–water partition coefficient (Wildman–Crippen LogP) is 4.94. The fourth-order valence-electron chi connectivity index (χ4n) is 2.11. The molecule has 0 N–H and O–H groups in total. The van der Waals surface area contributed by atoms with Crippen molar-refractivity contribution < 1.29 is 4.79 Å². The lowest BCUT2D eigenvalue weighted by molar-refractivity contribution is -0.111. The van der Waals surface area contributed by atoms with E-state index in [9.17, 15) is 4.79 Å². The number of hydrogen-bond donors (Lipinski definition) is 0. The van der Waals surface area contributed by atoms with Gasteiger partial charge in [-0.2, -0.15) is 0 Å². The molecule has 0 aliphatic carbocycles. The second-order valence-electron chi connectivity index (χ2n) is 4.58. The van der Waals surface area contributed by atoms with Crippen LogP contribution >= 0.6 is 23.2 Å².